The lowest BCUT2D eigenvalue weighted by molar-refractivity contribution is 0.458. The molecule has 0 aliphatic heterocycles. The molecular formula is C17H28N6S. The second kappa shape index (κ2) is 10.1. The first-order chi connectivity index (χ1) is 11.7. The van der Waals surface area contributed by atoms with Gasteiger partial charge in [-0.15, -0.1) is 11.3 Å². The van der Waals surface area contributed by atoms with Crippen LogP contribution in [0, 0.1) is 5.92 Å². The van der Waals surface area contributed by atoms with Crippen LogP contribution in [0.4, 0.5) is 0 Å². The van der Waals surface area contributed by atoms with Gasteiger partial charge in [0.1, 0.15) is 0 Å². The van der Waals surface area contributed by atoms with E-state index in [1.165, 1.54) is 9.88 Å². The number of guanidine groups is 1. The minimum Gasteiger partial charge on any atom is -0.357 e. The minimum absolute atomic E-state index is 0.437. The highest BCUT2D eigenvalue weighted by Gasteiger charge is 2.05. The summed E-state index contributed by atoms with van der Waals surface area (Å²) in [4.78, 5) is 10.5. The number of hydrogen-bond donors (Lipinski definition) is 2. The molecule has 0 spiro atoms. The zero-order valence-corrected chi connectivity index (χ0v) is 15.6. The first-order valence-corrected chi connectivity index (χ1v) is 9.46. The summed E-state index contributed by atoms with van der Waals surface area (Å²) in [5.41, 5.74) is 0. The Hall–Kier alpha value is -1.89. The zero-order valence-electron chi connectivity index (χ0n) is 14.8. The van der Waals surface area contributed by atoms with Gasteiger partial charge in [-0.3, -0.25) is 9.67 Å². The van der Waals surface area contributed by atoms with E-state index in [0.29, 0.717) is 5.92 Å². The Labute approximate surface area is 148 Å². The Morgan fingerprint density at radius 1 is 1.38 bits per heavy atom. The number of aliphatic imine (C=N–C) groups is 1. The quantitative estimate of drug-likeness (QED) is 0.539. The van der Waals surface area contributed by atoms with Gasteiger partial charge in [-0.05, 0) is 25.3 Å². The highest BCUT2D eigenvalue weighted by Crippen LogP contribution is 2.13. The molecule has 0 amide bonds. The molecule has 6 nitrogen and oxygen atoms in total. The van der Waals surface area contributed by atoms with E-state index in [2.05, 4.69) is 46.5 Å². The average molecular weight is 349 g/mol. The molecule has 0 aliphatic carbocycles. The van der Waals surface area contributed by atoms with Crippen LogP contribution in [0.25, 0.3) is 0 Å². The van der Waals surface area contributed by atoms with Crippen LogP contribution in [-0.4, -0.2) is 40.4 Å². The topological polar surface area (TPSA) is 67.1 Å². The van der Waals surface area contributed by atoms with E-state index in [1.54, 1.807) is 11.3 Å². The molecular weight excluding hydrogens is 320 g/mol. The normalized spacial score (nSPS) is 13.0. The van der Waals surface area contributed by atoms with Crippen molar-refractivity contribution in [2.45, 2.75) is 40.2 Å². The van der Waals surface area contributed by atoms with E-state index in [-0.39, 0.29) is 0 Å². The second-order valence-corrected chi connectivity index (χ2v) is 7.00. The highest BCUT2D eigenvalue weighted by atomic mass is 32.1. The van der Waals surface area contributed by atoms with E-state index in [4.69, 9.17) is 0 Å². The Balaban J connectivity index is 1.77. The number of thiazole rings is 1. The molecule has 2 N–H and O–H groups in total. The van der Waals surface area contributed by atoms with Gasteiger partial charge in [-0.1, -0.05) is 13.8 Å². The molecule has 24 heavy (non-hydrogen) atoms. The number of rotatable bonds is 9. The second-order valence-electron chi connectivity index (χ2n) is 5.80. The third-order valence-electron chi connectivity index (χ3n) is 3.54. The molecule has 132 valence electrons. The van der Waals surface area contributed by atoms with E-state index >= 15 is 0 Å². The Morgan fingerprint density at radius 3 is 2.92 bits per heavy atom. The first-order valence-electron chi connectivity index (χ1n) is 8.64. The number of nitrogens with zero attached hydrogens (tertiary/aromatic N) is 4. The maximum atomic E-state index is 4.68. The molecule has 0 saturated heterocycles. The molecule has 0 aromatic carbocycles. The van der Waals surface area contributed by atoms with Gasteiger partial charge in [0.25, 0.3) is 0 Å². The predicted octanol–water partition coefficient (Wildman–Crippen LogP) is 2.34. The predicted molar refractivity (Wildman–Crippen MR) is 101 cm³/mol. The van der Waals surface area contributed by atoms with Gasteiger partial charge in [0.2, 0.25) is 0 Å². The Kier molecular flexibility index (Phi) is 7.74. The fourth-order valence-corrected chi connectivity index (χ4v) is 3.15. The fraction of sp³-hybridized carbons (Fsp3) is 0.588. The molecule has 0 radical (unpaired) electrons. The zero-order chi connectivity index (χ0) is 17.2. The molecule has 2 aromatic heterocycles. The fourth-order valence-electron chi connectivity index (χ4n) is 2.29. The first kappa shape index (κ1) is 18.4. The maximum absolute atomic E-state index is 4.68. The van der Waals surface area contributed by atoms with Crippen LogP contribution in [-0.2, 0) is 19.4 Å². The van der Waals surface area contributed by atoms with Crippen LogP contribution < -0.4 is 10.6 Å². The SMILES string of the molecule is CCNC(=NCC(C)Cn1cccn1)NCCc1ncc(CC)s1. The minimum atomic E-state index is 0.437. The number of aryl methyl sites for hydroxylation is 1. The van der Waals surface area contributed by atoms with Crippen LogP contribution in [0.2, 0.25) is 0 Å². The third kappa shape index (κ3) is 6.31. The van der Waals surface area contributed by atoms with Gasteiger partial charge in [0.15, 0.2) is 5.96 Å². The van der Waals surface area contributed by atoms with Gasteiger partial charge in [0.05, 0.1) is 5.01 Å². The summed E-state index contributed by atoms with van der Waals surface area (Å²) in [6, 6.07) is 1.95. The molecule has 0 aliphatic rings. The lowest BCUT2D eigenvalue weighted by Gasteiger charge is -2.13. The lowest BCUT2D eigenvalue weighted by Crippen LogP contribution is -2.38. The van der Waals surface area contributed by atoms with Crippen LogP contribution in [0.15, 0.2) is 29.6 Å². The van der Waals surface area contributed by atoms with Crippen LogP contribution in [0.3, 0.4) is 0 Å². The van der Waals surface area contributed by atoms with Gasteiger partial charge < -0.3 is 10.6 Å². The average Bonchev–Trinajstić information content (AvgIpc) is 3.24. The van der Waals surface area contributed by atoms with Crippen molar-refractivity contribution in [1.82, 2.24) is 25.4 Å². The van der Waals surface area contributed by atoms with Crippen LogP contribution in [0.5, 0.6) is 0 Å². The van der Waals surface area contributed by atoms with E-state index in [0.717, 1.165) is 45.0 Å². The molecule has 7 heteroatoms. The summed E-state index contributed by atoms with van der Waals surface area (Å²) in [7, 11) is 0. The van der Waals surface area contributed by atoms with Crippen molar-refractivity contribution in [1.29, 1.82) is 0 Å². The molecule has 0 bridgehead atoms. The molecule has 2 rings (SSSR count). The number of hydrogen-bond acceptors (Lipinski definition) is 4. The molecule has 1 unspecified atom stereocenters. The summed E-state index contributed by atoms with van der Waals surface area (Å²) < 4.78 is 1.95. The summed E-state index contributed by atoms with van der Waals surface area (Å²) >= 11 is 1.80. The molecule has 2 heterocycles. The van der Waals surface area contributed by atoms with Crippen molar-refractivity contribution in [2.75, 3.05) is 19.6 Å². The molecule has 1 atom stereocenters. The number of aromatic nitrogens is 3. The number of nitrogens with one attached hydrogen (secondary N) is 2. The highest BCUT2D eigenvalue weighted by molar-refractivity contribution is 7.11. The van der Waals surface area contributed by atoms with Gasteiger partial charge >= 0.3 is 0 Å². The summed E-state index contributed by atoms with van der Waals surface area (Å²) in [5, 5.41) is 12.1. The van der Waals surface area contributed by atoms with Gasteiger partial charge in [-0.25, -0.2) is 4.98 Å². The summed E-state index contributed by atoms with van der Waals surface area (Å²) in [5.74, 6) is 1.31. The van der Waals surface area contributed by atoms with Crippen molar-refractivity contribution in [3.05, 3.63) is 34.5 Å². The van der Waals surface area contributed by atoms with Crippen molar-refractivity contribution < 1.29 is 0 Å². The van der Waals surface area contributed by atoms with E-state index in [9.17, 15) is 0 Å². The summed E-state index contributed by atoms with van der Waals surface area (Å²) in [6.45, 7) is 9.79. The largest absolute Gasteiger partial charge is 0.357 e. The van der Waals surface area contributed by atoms with Crippen LogP contribution in [0.1, 0.15) is 30.7 Å². The van der Waals surface area contributed by atoms with Crippen molar-refractivity contribution in [3.8, 4) is 0 Å². The standard InChI is InChI=1S/C17H28N6S/c1-4-15-12-20-16(24-15)7-9-19-17(18-5-2)21-11-14(3)13-23-10-6-8-22-23/h6,8,10,12,14H,4-5,7,9,11,13H2,1-3H3,(H2,18,19,21). The molecule has 0 saturated carbocycles. The monoisotopic (exact) mass is 348 g/mol. The maximum Gasteiger partial charge on any atom is 0.191 e. The van der Waals surface area contributed by atoms with Crippen molar-refractivity contribution in [2.24, 2.45) is 10.9 Å². The van der Waals surface area contributed by atoms with Gasteiger partial charge in [-0.2, -0.15) is 5.10 Å². The van der Waals surface area contributed by atoms with Crippen molar-refractivity contribution >= 4 is 17.3 Å². The van der Waals surface area contributed by atoms with E-state index in [1.807, 2.05) is 29.3 Å². The van der Waals surface area contributed by atoms with Crippen LogP contribution >= 0.6 is 11.3 Å². The van der Waals surface area contributed by atoms with Gasteiger partial charge in [0, 0.05) is 56.1 Å². The Morgan fingerprint density at radius 2 is 2.25 bits per heavy atom. The molecule has 2 aromatic rings. The van der Waals surface area contributed by atoms with E-state index < -0.39 is 0 Å². The lowest BCUT2D eigenvalue weighted by atomic mass is 10.2. The summed E-state index contributed by atoms with van der Waals surface area (Å²) in [6.07, 6.45) is 7.77. The van der Waals surface area contributed by atoms with Crippen molar-refractivity contribution in [3.63, 3.8) is 0 Å². The molecule has 0 fully saturated rings. The third-order valence-corrected chi connectivity index (χ3v) is 4.75. The smallest absolute Gasteiger partial charge is 0.191 e. The Bertz CT molecular complexity index is 604.